The van der Waals surface area contributed by atoms with Gasteiger partial charge in [-0.25, -0.2) is 14.4 Å². The summed E-state index contributed by atoms with van der Waals surface area (Å²) in [6.07, 6.45) is 4.85. The van der Waals surface area contributed by atoms with Crippen LogP contribution in [-0.4, -0.2) is 46.0 Å². The molecule has 0 aromatic carbocycles. The summed E-state index contributed by atoms with van der Waals surface area (Å²) in [7, 11) is 0. The monoisotopic (exact) mass is 357 g/mol. The number of aromatic nitrogens is 3. The molecule has 2 saturated heterocycles. The van der Waals surface area contributed by atoms with Gasteiger partial charge in [0.15, 0.2) is 11.6 Å². The topological polar surface area (TPSA) is 48.1 Å². The van der Waals surface area contributed by atoms with Crippen LogP contribution >= 0.6 is 0 Å². The Bertz CT molecular complexity index is 742. The van der Waals surface area contributed by atoms with E-state index in [1.54, 1.807) is 12.3 Å². The number of pyridine rings is 1. The van der Waals surface area contributed by atoms with Gasteiger partial charge in [0.05, 0.1) is 5.69 Å². The van der Waals surface area contributed by atoms with Crippen LogP contribution in [0, 0.1) is 24.6 Å². The van der Waals surface area contributed by atoms with Gasteiger partial charge in [-0.1, -0.05) is 6.92 Å². The zero-order chi connectivity index (χ0) is 18.1. The summed E-state index contributed by atoms with van der Waals surface area (Å²) in [5.74, 6) is 2.78. The molecule has 2 aromatic heterocycles. The Hall–Kier alpha value is -1.95. The van der Waals surface area contributed by atoms with E-state index < -0.39 is 0 Å². The van der Waals surface area contributed by atoms with E-state index in [0.29, 0.717) is 17.7 Å². The Balaban J connectivity index is 1.38. The number of fused-ring (bicyclic) bond motifs is 1. The number of anilines is 1. The average molecular weight is 357 g/mol. The smallest absolute Gasteiger partial charge is 0.165 e. The summed E-state index contributed by atoms with van der Waals surface area (Å²) in [5, 5.41) is 0. The molecule has 4 rings (SSSR count). The van der Waals surface area contributed by atoms with E-state index in [1.165, 1.54) is 17.5 Å². The van der Waals surface area contributed by atoms with Crippen LogP contribution in [0.5, 0.6) is 0 Å². The molecule has 26 heavy (non-hydrogen) atoms. The lowest BCUT2D eigenvalue weighted by Gasteiger charge is -2.23. The maximum absolute atomic E-state index is 14.0. The highest BCUT2D eigenvalue weighted by molar-refractivity contribution is 5.39. The molecular weight excluding hydrogens is 329 g/mol. The van der Waals surface area contributed by atoms with Crippen LogP contribution in [0.25, 0.3) is 0 Å². The Labute approximate surface area is 154 Å². The molecule has 0 spiro atoms. The lowest BCUT2D eigenvalue weighted by atomic mass is 9.92. The molecule has 0 amide bonds. The molecule has 2 aromatic rings. The average Bonchev–Trinajstić information content (AvgIpc) is 3.13. The summed E-state index contributed by atoms with van der Waals surface area (Å²) in [6, 6.07) is 3.16. The van der Waals surface area contributed by atoms with Crippen molar-refractivity contribution >= 4 is 5.82 Å². The van der Waals surface area contributed by atoms with Gasteiger partial charge in [-0.15, -0.1) is 0 Å². The van der Waals surface area contributed by atoms with Gasteiger partial charge in [0.1, 0.15) is 5.82 Å². The van der Waals surface area contributed by atoms with Crippen molar-refractivity contribution in [2.24, 2.45) is 11.8 Å². The van der Waals surface area contributed by atoms with Crippen molar-refractivity contribution in [3.05, 3.63) is 41.4 Å². The van der Waals surface area contributed by atoms with Gasteiger partial charge in [-0.2, -0.15) is 0 Å². The fourth-order valence-corrected chi connectivity index (χ4v) is 4.49. The first kappa shape index (κ1) is 17.5. The van der Waals surface area contributed by atoms with Crippen LogP contribution in [-0.2, 0) is 13.0 Å². The van der Waals surface area contributed by atoms with Crippen LogP contribution in [0.2, 0.25) is 0 Å². The third-order valence-corrected chi connectivity index (χ3v) is 5.97. The molecule has 0 bridgehead atoms. The zero-order valence-corrected chi connectivity index (χ0v) is 15.7. The second kappa shape index (κ2) is 7.35. The van der Waals surface area contributed by atoms with Crippen LogP contribution < -0.4 is 4.90 Å². The quantitative estimate of drug-likeness (QED) is 0.913. The first-order valence-corrected chi connectivity index (χ1v) is 9.76. The first-order chi connectivity index (χ1) is 12.6. The number of H-pyrrole nitrogens is 1. The van der Waals surface area contributed by atoms with Crippen molar-refractivity contribution in [1.82, 2.24) is 19.9 Å². The molecule has 4 heterocycles. The number of hydrogen-bond acceptors (Lipinski definition) is 4. The Morgan fingerprint density at radius 2 is 1.96 bits per heavy atom. The molecule has 0 unspecified atom stereocenters. The lowest BCUT2D eigenvalue weighted by molar-refractivity contribution is 0.305. The molecule has 0 radical (unpaired) electrons. The number of nitrogens with zero attached hydrogens (tertiary/aromatic N) is 4. The summed E-state index contributed by atoms with van der Waals surface area (Å²) < 4.78 is 14.0. The highest BCUT2D eigenvalue weighted by Crippen LogP contribution is 2.34. The van der Waals surface area contributed by atoms with Crippen molar-refractivity contribution in [2.75, 3.05) is 31.1 Å². The highest BCUT2D eigenvalue weighted by Gasteiger charge is 2.35. The Morgan fingerprint density at radius 3 is 2.58 bits per heavy atom. The van der Waals surface area contributed by atoms with E-state index in [4.69, 9.17) is 4.98 Å². The lowest BCUT2D eigenvalue weighted by Crippen LogP contribution is -2.28. The van der Waals surface area contributed by atoms with Crippen LogP contribution in [0.3, 0.4) is 0 Å². The molecule has 2 aliphatic rings. The van der Waals surface area contributed by atoms with Gasteiger partial charge in [0, 0.05) is 51.0 Å². The predicted molar refractivity (Wildman–Crippen MR) is 101 cm³/mol. The molecule has 1 N–H and O–H groups in total. The summed E-state index contributed by atoms with van der Waals surface area (Å²) >= 11 is 0. The summed E-state index contributed by atoms with van der Waals surface area (Å²) in [4.78, 5) is 17.1. The molecule has 2 atom stereocenters. The van der Waals surface area contributed by atoms with E-state index in [-0.39, 0.29) is 5.82 Å². The second-order valence-corrected chi connectivity index (χ2v) is 7.70. The Morgan fingerprint density at radius 1 is 1.23 bits per heavy atom. The minimum Gasteiger partial charge on any atom is -0.354 e. The van der Waals surface area contributed by atoms with E-state index in [2.05, 4.69) is 33.6 Å². The minimum atomic E-state index is -0.207. The van der Waals surface area contributed by atoms with Crippen LogP contribution in [0.15, 0.2) is 18.3 Å². The van der Waals surface area contributed by atoms with Crippen molar-refractivity contribution in [3.8, 4) is 0 Å². The highest BCUT2D eigenvalue weighted by atomic mass is 19.1. The number of rotatable bonds is 4. The first-order valence-electron chi connectivity index (χ1n) is 9.76. The number of imidazole rings is 1. The van der Waals surface area contributed by atoms with Crippen LogP contribution in [0.4, 0.5) is 10.2 Å². The van der Waals surface area contributed by atoms with Crippen molar-refractivity contribution in [1.29, 1.82) is 0 Å². The van der Waals surface area contributed by atoms with Crippen molar-refractivity contribution in [3.63, 3.8) is 0 Å². The van der Waals surface area contributed by atoms with Gasteiger partial charge in [0.2, 0.25) is 0 Å². The van der Waals surface area contributed by atoms with Crippen molar-refractivity contribution < 1.29 is 4.39 Å². The summed E-state index contributed by atoms with van der Waals surface area (Å²) in [6.45, 7) is 9.22. The number of halogens is 1. The van der Waals surface area contributed by atoms with Gasteiger partial charge in [-0.05, 0) is 43.7 Å². The van der Waals surface area contributed by atoms with Crippen LogP contribution in [0.1, 0.15) is 37.0 Å². The maximum atomic E-state index is 14.0. The zero-order valence-electron chi connectivity index (χ0n) is 15.7. The Kier molecular flexibility index (Phi) is 4.94. The normalized spacial score (nSPS) is 23.9. The third kappa shape index (κ3) is 3.47. The molecule has 0 aliphatic carbocycles. The van der Waals surface area contributed by atoms with E-state index in [9.17, 15) is 4.39 Å². The van der Waals surface area contributed by atoms with E-state index in [0.717, 1.165) is 57.8 Å². The van der Waals surface area contributed by atoms with E-state index in [1.807, 2.05) is 0 Å². The molecule has 5 nitrogen and oxygen atoms in total. The SMILES string of the molecule is CCc1nc(CN2C[C@H]3CCN(c4ncccc4F)CC[C@H]3C2)c(C)[nH]1. The number of aromatic amines is 1. The molecule has 2 aliphatic heterocycles. The summed E-state index contributed by atoms with van der Waals surface area (Å²) in [5.41, 5.74) is 2.39. The number of nitrogens with one attached hydrogen (secondary N) is 1. The molecule has 140 valence electrons. The second-order valence-electron chi connectivity index (χ2n) is 7.70. The standard InChI is InChI=1S/C20H28FN5/c1-3-19-23-14(2)18(24-19)13-25-11-15-6-9-26(10-7-16(15)12-25)20-17(21)5-4-8-22-20/h4-5,8,15-16H,3,6-7,9-13H2,1-2H3,(H,23,24)/t15-,16+. The predicted octanol–water partition coefficient (Wildman–Crippen LogP) is 3.16. The largest absolute Gasteiger partial charge is 0.354 e. The van der Waals surface area contributed by atoms with Gasteiger partial charge < -0.3 is 9.88 Å². The molecule has 6 heteroatoms. The fourth-order valence-electron chi connectivity index (χ4n) is 4.49. The van der Waals surface area contributed by atoms with Gasteiger partial charge in [-0.3, -0.25) is 4.90 Å². The number of hydrogen-bond donors (Lipinski definition) is 1. The van der Waals surface area contributed by atoms with Gasteiger partial charge in [0.25, 0.3) is 0 Å². The molecule has 0 saturated carbocycles. The molecular formula is C20H28FN5. The molecule has 2 fully saturated rings. The number of aryl methyl sites for hydroxylation is 2. The van der Waals surface area contributed by atoms with Gasteiger partial charge >= 0.3 is 0 Å². The van der Waals surface area contributed by atoms with Crippen molar-refractivity contribution in [2.45, 2.75) is 39.7 Å². The third-order valence-electron chi connectivity index (χ3n) is 5.97. The van der Waals surface area contributed by atoms with E-state index >= 15 is 0 Å². The minimum absolute atomic E-state index is 0.207. The number of likely N-dealkylation sites (tertiary alicyclic amines) is 1. The maximum Gasteiger partial charge on any atom is 0.165 e. The fraction of sp³-hybridized carbons (Fsp3) is 0.600.